The number of carbonyl (C=O) groups is 1. The lowest BCUT2D eigenvalue weighted by Gasteiger charge is -2.34. The van der Waals surface area contributed by atoms with Crippen LogP contribution in [0.25, 0.3) is 20.8 Å². The van der Waals surface area contributed by atoms with Gasteiger partial charge in [-0.05, 0) is 91.2 Å². The molecular weight excluding hydrogens is 663 g/mol. The topological polar surface area (TPSA) is 89.0 Å². The van der Waals surface area contributed by atoms with Crippen molar-refractivity contribution in [3.8, 4) is 33.6 Å². The minimum atomic E-state index is -0.259. The molecule has 5 aromatic rings. The van der Waals surface area contributed by atoms with Crippen LogP contribution in [0.3, 0.4) is 0 Å². The van der Waals surface area contributed by atoms with Crippen molar-refractivity contribution in [2.75, 3.05) is 53.9 Å². The summed E-state index contributed by atoms with van der Waals surface area (Å²) >= 11 is 1.70. The van der Waals surface area contributed by atoms with Gasteiger partial charge >= 0.3 is 0 Å². The van der Waals surface area contributed by atoms with Gasteiger partial charge in [-0.1, -0.05) is 18.2 Å². The lowest BCUT2D eigenvalue weighted by molar-refractivity contribution is -0.130. The molecule has 51 heavy (non-hydrogen) atoms. The summed E-state index contributed by atoms with van der Waals surface area (Å²) in [5.74, 6) is 2.82. The number of aryl methyl sites for hydroxylation is 1. The molecule has 0 saturated carbocycles. The molecule has 1 saturated heterocycles. The van der Waals surface area contributed by atoms with Crippen molar-refractivity contribution in [2.24, 2.45) is 5.10 Å². The molecule has 0 radical (unpaired) electrons. The van der Waals surface area contributed by atoms with Crippen LogP contribution in [0, 0.1) is 13.8 Å². The highest BCUT2D eigenvalue weighted by Gasteiger charge is 2.32. The van der Waals surface area contributed by atoms with Crippen molar-refractivity contribution in [1.82, 2.24) is 19.8 Å². The van der Waals surface area contributed by atoms with Crippen LogP contribution in [0.1, 0.15) is 41.6 Å². The number of hydrogen-bond donors (Lipinski definition) is 0. The highest BCUT2D eigenvalue weighted by atomic mass is 32.1. The summed E-state index contributed by atoms with van der Waals surface area (Å²) in [7, 11) is 3.31. The molecule has 0 bridgehead atoms. The molecule has 10 nitrogen and oxygen atoms in total. The van der Waals surface area contributed by atoms with Crippen LogP contribution in [0.15, 0.2) is 84.0 Å². The summed E-state index contributed by atoms with van der Waals surface area (Å²) in [6.45, 7) is 10.0. The molecule has 7 rings (SSSR count). The van der Waals surface area contributed by atoms with E-state index in [1.54, 1.807) is 37.5 Å². The summed E-state index contributed by atoms with van der Waals surface area (Å²) < 4.78 is 24.9. The average Bonchev–Trinajstić information content (AvgIpc) is 3.81. The molecule has 2 aliphatic rings. The zero-order valence-electron chi connectivity index (χ0n) is 29.7. The maximum absolute atomic E-state index is 12.8. The minimum Gasteiger partial charge on any atom is -0.496 e. The van der Waals surface area contributed by atoms with E-state index < -0.39 is 0 Å². The number of carbonyl (C=O) groups excluding carboxylic acids is 1. The molecule has 0 aliphatic carbocycles. The predicted molar refractivity (Wildman–Crippen MR) is 201 cm³/mol. The van der Waals surface area contributed by atoms with E-state index >= 15 is 0 Å². The third-order valence-electron chi connectivity index (χ3n) is 9.65. The summed E-state index contributed by atoms with van der Waals surface area (Å²) in [6.07, 6.45) is 0.578. The summed E-state index contributed by atoms with van der Waals surface area (Å²) in [5, 5.41) is 7.35. The summed E-state index contributed by atoms with van der Waals surface area (Å²) in [5.41, 5.74) is 7.07. The van der Waals surface area contributed by atoms with Crippen molar-refractivity contribution in [1.29, 1.82) is 0 Å². The first-order valence-corrected chi connectivity index (χ1v) is 18.0. The number of benzene rings is 4. The lowest BCUT2D eigenvalue weighted by Crippen LogP contribution is -2.48. The first-order valence-electron chi connectivity index (χ1n) is 17.2. The lowest BCUT2D eigenvalue weighted by atomic mass is 9.95. The number of aromatic nitrogens is 1. The fourth-order valence-electron chi connectivity index (χ4n) is 6.52. The Balaban J connectivity index is 0.932. The Morgan fingerprint density at radius 2 is 1.51 bits per heavy atom. The Hall–Kier alpha value is -4.97. The first-order chi connectivity index (χ1) is 24.8. The van der Waals surface area contributed by atoms with E-state index in [-0.39, 0.29) is 11.9 Å². The van der Waals surface area contributed by atoms with Crippen molar-refractivity contribution in [3.63, 3.8) is 0 Å². The first kappa shape index (κ1) is 34.5. The van der Waals surface area contributed by atoms with Gasteiger partial charge in [0.25, 0.3) is 0 Å². The Morgan fingerprint density at radius 3 is 2.20 bits per heavy atom. The number of nitrogens with zero attached hydrogens (tertiary/aromatic N) is 5. The molecule has 2 aliphatic heterocycles. The van der Waals surface area contributed by atoms with Gasteiger partial charge in [0.15, 0.2) is 11.5 Å². The number of hydrogen-bond acceptors (Lipinski definition) is 10. The Morgan fingerprint density at radius 1 is 0.804 bits per heavy atom. The van der Waals surface area contributed by atoms with E-state index in [9.17, 15) is 4.79 Å². The molecule has 1 unspecified atom stereocenters. The number of piperazine rings is 1. The third-order valence-corrected chi connectivity index (χ3v) is 10.7. The van der Waals surface area contributed by atoms with Crippen molar-refractivity contribution < 1.29 is 23.7 Å². The van der Waals surface area contributed by atoms with Gasteiger partial charge in [0.2, 0.25) is 5.91 Å². The second kappa shape index (κ2) is 15.1. The summed E-state index contributed by atoms with van der Waals surface area (Å²) in [4.78, 5) is 22.1. The van der Waals surface area contributed by atoms with E-state index in [2.05, 4.69) is 41.0 Å². The Labute approximate surface area is 302 Å². The molecule has 0 N–H and O–H groups in total. The Kier molecular flexibility index (Phi) is 10.2. The van der Waals surface area contributed by atoms with Gasteiger partial charge < -0.3 is 18.9 Å². The highest BCUT2D eigenvalue weighted by Crippen LogP contribution is 2.38. The average molecular weight is 706 g/mol. The van der Waals surface area contributed by atoms with Gasteiger partial charge in [0.1, 0.15) is 30.0 Å². The largest absolute Gasteiger partial charge is 0.496 e. The van der Waals surface area contributed by atoms with Crippen LogP contribution in [0.5, 0.6) is 23.0 Å². The number of amides is 1. The molecule has 1 fully saturated rings. The predicted octanol–water partition coefficient (Wildman–Crippen LogP) is 7.29. The van der Waals surface area contributed by atoms with E-state index in [0.29, 0.717) is 31.4 Å². The van der Waals surface area contributed by atoms with Gasteiger partial charge in [-0.15, -0.1) is 11.3 Å². The van der Waals surface area contributed by atoms with E-state index in [0.717, 1.165) is 81.7 Å². The molecule has 1 aromatic heterocycles. The van der Waals surface area contributed by atoms with Gasteiger partial charge in [-0.25, -0.2) is 9.99 Å². The number of thiazole rings is 1. The third kappa shape index (κ3) is 7.56. The quantitative estimate of drug-likeness (QED) is 0.142. The fourth-order valence-corrected chi connectivity index (χ4v) is 7.49. The smallest absolute Gasteiger partial charge is 0.240 e. The molecule has 0 spiro atoms. The van der Waals surface area contributed by atoms with Crippen molar-refractivity contribution in [3.05, 3.63) is 101 Å². The van der Waals surface area contributed by atoms with Crippen LogP contribution in [-0.2, 0) is 4.79 Å². The standard InChI is InChI=1S/C40H43N5O5S/c1-26-20-31(22-37(48-5)27(26)2)34-23-35(45(42-34)28(3)46)30-12-15-36(47-4)38(21-30)50-25-44-18-16-43(17-19-44)24-49-32-13-10-29(11-14-32)40-41-33-8-6-7-9-39(33)51-40/h6-15,20-22,35H,16-19,23-25H2,1-5H3. The normalized spacial score (nSPS) is 16.7. The number of fused-ring (bicyclic) bond motifs is 1. The van der Waals surface area contributed by atoms with Crippen molar-refractivity contribution in [2.45, 2.75) is 33.2 Å². The number of ether oxygens (including phenoxy) is 4. The molecule has 264 valence electrons. The maximum Gasteiger partial charge on any atom is 0.240 e. The SMILES string of the molecule is COc1ccc(C2CC(c3cc(C)c(C)c(OC)c3)=NN2C(C)=O)cc1OCN1CCN(COc2ccc(-c3nc4ccccc4s3)cc2)CC1. The van der Waals surface area contributed by atoms with Crippen LogP contribution in [-0.4, -0.2) is 85.3 Å². The number of hydrazone groups is 1. The van der Waals surface area contributed by atoms with E-state index in [1.165, 1.54) is 4.70 Å². The second-order valence-corrected chi connectivity index (χ2v) is 14.0. The molecule has 1 atom stereocenters. The zero-order valence-corrected chi connectivity index (χ0v) is 30.5. The number of para-hydroxylation sites is 1. The van der Waals surface area contributed by atoms with E-state index in [4.69, 9.17) is 29.0 Å². The second-order valence-electron chi connectivity index (χ2n) is 13.0. The fraction of sp³-hybridized carbons (Fsp3) is 0.325. The van der Waals surface area contributed by atoms with Crippen LogP contribution >= 0.6 is 11.3 Å². The van der Waals surface area contributed by atoms with Gasteiger partial charge in [0.05, 0.1) is 36.2 Å². The van der Waals surface area contributed by atoms with Crippen LogP contribution < -0.4 is 18.9 Å². The molecule has 1 amide bonds. The monoisotopic (exact) mass is 705 g/mol. The minimum absolute atomic E-state index is 0.118. The van der Waals surface area contributed by atoms with Crippen molar-refractivity contribution >= 4 is 33.2 Å². The van der Waals surface area contributed by atoms with Gasteiger partial charge in [0, 0.05) is 50.7 Å². The van der Waals surface area contributed by atoms with E-state index in [1.807, 2.05) is 61.5 Å². The molecule has 11 heteroatoms. The summed E-state index contributed by atoms with van der Waals surface area (Å²) in [6, 6.07) is 26.1. The van der Waals surface area contributed by atoms with Crippen LogP contribution in [0.2, 0.25) is 0 Å². The molecule has 4 aromatic carbocycles. The number of rotatable bonds is 11. The van der Waals surface area contributed by atoms with Gasteiger partial charge in [-0.2, -0.15) is 5.10 Å². The Bertz CT molecular complexity index is 2020. The highest BCUT2D eigenvalue weighted by molar-refractivity contribution is 7.21. The zero-order chi connectivity index (χ0) is 35.5. The number of methoxy groups -OCH3 is 2. The maximum atomic E-state index is 12.8. The van der Waals surface area contributed by atoms with Gasteiger partial charge in [-0.3, -0.25) is 14.6 Å². The van der Waals surface area contributed by atoms with Crippen LogP contribution in [0.4, 0.5) is 0 Å². The molecule has 3 heterocycles. The molecular formula is C40H43N5O5S.